The number of nitrogens with one attached hydrogen (secondary N) is 1. The quantitative estimate of drug-likeness (QED) is 0.759. The van der Waals surface area contributed by atoms with Crippen LogP contribution in [0, 0.1) is 0 Å². The van der Waals surface area contributed by atoms with Gasteiger partial charge >= 0.3 is 0 Å². The minimum absolute atomic E-state index is 0.254. The highest BCUT2D eigenvalue weighted by Crippen LogP contribution is 2.22. The molecule has 3 aromatic rings. The minimum Gasteiger partial charge on any atom is -0.496 e. The van der Waals surface area contributed by atoms with Crippen molar-refractivity contribution in [2.45, 2.75) is 6.54 Å². The number of aromatic nitrogens is 2. The molecule has 6 heteroatoms. The Hall–Kier alpha value is -2.92. The van der Waals surface area contributed by atoms with Crippen molar-refractivity contribution >= 4 is 17.5 Å². The maximum absolute atomic E-state index is 12.4. The van der Waals surface area contributed by atoms with E-state index in [2.05, 4.69) is 15.3 Å². The number of nitrogens with zero attached hydrogens (tertiary/aromatic N) is 2. The second kappa shape index (κ2) is 7.77. The van der Waals surface area contributed by atoms with E-state index in [4.69, 9.17) is 16.3 Å². The molecule has 0 saturated heterocycles. The van der Waals surface area contributed by atoms with Crippen molar-refractivity contribution in [1.82, 2.24) is 15.3 Å². The topological polar surface area (TPSA) is 64.1 Å². The Morgan fingerprint density at radius 3 is 2.76 bits per heavy atom. The van der Waals surface area contributed by atoms with E-state index in [1.54, 1.807) is 36.8 Å². The van der Waals surface area contributed by atoms with Crippen molar-refractivity contribution < 1.29 is 9.53 Å². The lowest BCUT2D eigenvalue weighted by atomic mass is 10.1. The number of pyridine rings is 2. The van der Waals surface area contributed by atoms with Crippen LogP contribution < -0.4 is 10.1 Å². The number of rotatable bonds is 5. The number of amides is 1. The van der Waals surface area contributed by atoms with Crippen LogP contribution in [0.1, 0.15) is 15.9 Å². The first-order valence-corrected chi connectivity index (χ1v) is 8.02. The van der Waals surface area contributed by atoms with Crippen molar-refractivity contribution in [3.05, 3.63) is 77.2 Å². The fourth-order valence-electron chi connectivity index (χ4n) is 2.35. The number of carbonyl (C=O) groups is 1. The van der Waals surface area contributed by atoms with E-state index in [-0.39, 0.29) is 5.91 Å². The molecule has 0 aliphatic heterocycles. The number of hydrogen-bond acceptors (Lipinski definition) is 4. The second-order valence-electron chi connectivity index (χ2n) is 5.32. The van der Waals surface area contributed by atoms with Gasteiger partial charge in [-0.3, -0.25) is 14.8 Å². The van der Waals surface area contributed by atoms with Crippen LogP contribution in [0.4, 0.5) is 0 Å². The number of ether oxygens (including phenoxy) is 1. The Bertz CT molecular complexity index is 868. The van der Waals surface area contributed by atoms with Crippen LogP contribution in [-0.4, -0.2) is 23.0 Å². The summed E-state index contributed by atoms with van der Waals surface area (Å²) in [5.74, 6) is 0.225. The highest BCUT2D eigenvalue weighted by Gasteiger charge is 2.12. The predicted molar refractivity (Wildman–Crippen MR) is 96.6 cm³/mol. The molecule has 0 aliphatic carbocycles. The van der Waals surface area contributed by atoms with Crippen molar-refractivity contribution in [3.63, 3.8) is 0 Å². The summed E-state index contributed by atoms with van der Waals surface area (Å²) in [6, 6.07) is 12.6. The molecule has 0 aliphatic rings. The van der Waals surface area contributed by atoms with Gasteiger partial charge < -0.3 is 10.1 Å². The molecule has 3 rings (SSSR count). The molecule has 2 heterocycles. The van der Waals surface area contributed by atoms with E-state index >= 15 is 0 Å². The largest absolute Gasteiger partial charge is 0.496 e. The van der Waals surface area contributed by atoms with Gasteiger partial charge in [-0.15, -0.1) is 0 Å². The van der Waals surface area contributed by atoms with E-state index in [0.717, 1.165) is 16.8 Å². The van der Waals surface area contributed by atoms with Gasteiger partial charge in [0, 0.05) is 35.7 Å². The van der Waals surface area contributed by atoms with Gasteiger partial charge in [-0.2, -0.15) is 0 Å². The molecule has 0 bridgehead atoms. The first kappa shape index (κ1) is 16.9. The van der Waals surface area contributed by atoms with Crippen LogP contribution in [0.25, 0.3) is 11.3 Å². The third-order valence-electron chi connectivity index (χ3n) is 3.64. The van der Waals surface area contributed by atoms with Crippen LogP contribution >= 0.6 is 11.6 Å². The molecule has 1 N–H and O–H groups in total. The highest BCUT2D eigenvalue weighted by molar-refractivity contribution is 6.31. The summed E-state index contributed by atoms with van der Waals surface area (Å²) in [5, 5.41) is 3.33. The maximum Gasteiger partial charge on any atom is 0.255 e. The molecule has 0 unspecified atom stereocenters. The molecule has 1 aromatic carbocycles. The molecule has 5 nitrogen and oxygen atoms in total. The Morgan fingerprint density at radius 2 is 2.08 bits per heavy atom. The van der Waals surface area contributed by atoms with Gasteiger partial charge in [-0.1, -0.05) is 17.7 Å². The van der Waals surface area contributed by atoms with Crippen LogP contribution in [0.5, 0.6) is 5.75 Å². The maximum atomic E-state index is 12.4. The van der Waals surface area contributed by atoms with Crippen LogP contribution in [0.3, 0.4) is 0 Å². The Balaban J connectivity index is 1.68. The monoisotopic (exact) mass is 353 g/mol. The Labute approximate surface area is 150 Å². The lowest BCUT2D eigenvalue weighted by Gasteiger charge is -2.10. The lowest BCUT2D eigenvalue weighted by Crippen LogP contribution is -2.23. The van der Waals surface area contributed by atoms with Crippen molar-refractivity contribution in [3.8, 4) is 17.0 Å². The van der Waals surface area contributed by atoms with Gasteiger partial charge in [-0.25, -0.2) is 0 Å². The van der Waals surface area contributed by atoms with Gasteiger partial charge in [0.05, 0.1) is 18.4 Å². The van der Waals surface area contributed by atoms with Crippen LogP contribution in [0.2, 0.25) is 5.02 Å². The highest BCUT2D eigenvalue weighted by atomic mass is 35.5. The summed E-state index contributed by atoms with van der Waals surface area (Å²) in [6.07, 6.45) is 5.21. The Morgan fingerprint density at radius 1 is 1.20 bits per heavy atom. The molecular formula is C19H16ClN3O2. The fraction of sp³-hybridized carbons (Fsp3) is 0.105. The Kier molecular flexibility index (Phi) is 5.26. The normalized spacial score (nSPS) is 10.3. The van der Waals surface area contributed by atoms with Crippen LogP contribution in [0.15, 0.2) is 61.1 Å². The van der Waals surface area contributed by atoms with Gasteiger partial charge in [0.1, 0.15) is 5.75 Å². The zero-order valence-corrected chi connectivity index (χ0v) is 14.3. The van der Waals surface area contributed by atoms with Gasteiger partial charge in [0.25, 0.3) is 5.91 Å². The van der Waals surface area contributed by atoms with Crippen LogP contribution in [-0.2, 0) is 6.54 Å². The van der Waals surface area contributed by atoms with Crippen molar-refractivity contribution in [1.29, 1.82) is 0 Å². The van der Waals surface area contributed by atoms with Gasteiger partial charge in [-0.05, 0) is 42.0 Å². The lowest BCUT2D eigenvalue weighted by molar-refractivity contribution is 0.0948. The minimum atomic E-state index is -0.254. The third-order valence-corrected chi connectivity index (χ3v) is 3.88. The molecule has 0 spiro atoms. The average molecular weight is 354 g/mol. The number of halogens is 1. The molecule has 0 saturated carbocycles. The molecule has 0 fully saturated rings. The van der Waals surface area contributed by atoms with E-state index < -0.39 is 0 Å². The summed E-state index contributed by atoms with van der Waals surface area (Å²) in [7, 11) is 1.51. The third kappa shape index (κ3) is 4.14. The number of benzene rings is 1. The molecule has 0 atom stereocenters. The molecule has 2 aromatic heterocycles. The number of methoxy groups -OCH3 is 1. The zero-order valence-electron chi connectivity index (χ0n) is 13.6. The number of hydrogen-bond donors (Lipinski definition) is 1. The fourth-order valence-corrected chi connectivity index (χ4v) is 2.52. The van der Waals surface area contributed by atoms with E-state index in [9.17, 15) is 4.79 Å². The SMILES string of the molecule is COc1ccc(Cl)cc1C(=O)NCc1ccc(-c2cccnc2)nc1. The summed E-state index contributed by atoms with van der Waals surface area (Å²) in [4.78, 5) is 20.9. The summed E-state index contributed by atoms with van der Waals surface area (Å²) >= 11 is 5.96. The molecule has 1 amide bonds. The van der Waals surface area contributed by atoms with Crippen molar-refractivity contribution in [2.75, 3.05) is 7.11 Å². The molecular weight excluding hydrogens is 338 g/mol. The van der Waals surface area contributed by atoms with E-state index in [1.807, 2.05) is 24.3 Å². The average Bonchev–Trinajstić information content (AvgIpc) is 2.67. The standard InChI is InChI=1S/C19H16ClN3O2/c1-25-18-7-5-15(20)9-16(18)19(24)23-11-13-4-6-17(22-10-13)14-3-2-8-21-12-14/h2-10,12H,11H2,1H3,(H,23,24). The van der Waals surface area contributed by atoms with Gasteiger partial charge in [0.2, 0.25) is 0 Å². The smallest absolute Gasteiger partial charge is 0.255 e. The van der Waals surface area contributed by atoms with E-state index in [1.165, 1.54) is 7.11 Å². The first-order chi connectivity index (χ1) is 12.2. The molecule has 126 valence electrons. The first-order valence-electron chi connectivity index (χ1n) is 7.64. The summed E-state index contributed by atoms with van der Waals surface area (Å²) in [6.45, 7) is 0.356. The zero-order chi connectivity index (χ0) is 17.6. The molecule has 25 heavy (non-hydrogen) atoms. The van der Waals surface area contributed by atoms with E-state index in [0.29, 0.717) is 22.9 Å². The second-order valence-corrected chi connectivity index (χ2v) is 5.76. The van der Waals surface area contributed by atoms with Gasteiger partial charge in [0.15, 0.2) is 0 Å². The summed E-state index contributed by atoms with van der Waals surface area (Å²) in [5.41, 5.74) is 3.07. The predicted octanol–water partition coefficient (Wildman–Crippen LogP) is 3.74. The van der Waals surface area contributed by atoms with Crippen molar-refractivity contribution in [2.24, 2.45) is 0 Å². The number of carbonyl (C=O) groups excluding carboxylic acids is 1. The summed E-state index contributed by atoms with van der Waals surface area (Å²) < 4.78 is 5.20. The molecule has 0 radical (unpaired) electrons.